The monoisotopic (exact) mass is 296 g/mol. The van der Waals surface area contributed by atoms with Crippen molar-refractivity contribution in [2.24, 2.45) is 5.92 Å². The second kappa shape index (κ2) is 6.57. The second-order valence-electron chi connectivity index (χ2n) is 5.53. The van der Waals surface area contributed by atoms with Crippen LogP contribution in [0.2, 0.25) is 5.02 Å². The third kappa shape index (κ3) is 3.95. The Bertz CT molecular complexity index is 491. The molecule has 0 aromatic heterocycles. The number of benzene rings is 1. The molecule has 1 fully saturated rings. The predicted octanol–water partition coefficient (Wildman–Crippen LogP) is 2.29. The Morgan fingerprint density at radius 1 is 1.60 bits per heavy atom. The minimum Gasteiger partial charge on any atom is -0.393 e. The van der Waals surface area contributed by atoms with Crippen molar-refractivity contribution in [1.82, 2.24) is 4.90 Å². The molecule has 1 aromatic rings. The molecule has 4 nitrogen and oxygen atoms in total. The van der Waals surface area contributed by atoms with E-state index >= 15 is 0 Å². The van der Waals surface area contributed by atoms with Crippen LogP contribution in [-0.2, 0) is 4.79 Å². The molecule has 0 spiro atoms. The zero-order valence-electron chi connectivity index (χ0n) is 11.9. The molecule has 1 amide bonds. The maximum absolute atomic E-state index is 12.1. The fourth-order valence-electron chi connectivity index (χ4n) is 2.52. The van der Waals surface area contributed by atoms with E-state index in [0.29, 0.717) is 11.6 Å². The summed E-state index contributed by atoms with van der Waals surface area (Å²) < 4.78 is 0. The lowest BCUT2D eigenvalue weighted by molar-refractivity contribution is -0.117. The standard InChI is InChI=1S/C15H21ClN2O2/c1-10-3-4-13(16)7-14(10)17-15(20)9-18-6-5-12(8-18)11(2)19/h3-4,7,11-12,19H,5-6,8-9H2,1-2H3,(H,17,20). The number of amides is 1. The van der Waals surface area contributed by atoms with E-state index in [1.54, 1.807) is 12.1 Å². The van der Waals surface area contributed by atoms with Gasteiger partial charge in [0.15, 0.2) is 0 Å². The number of hydrogen-bond donors (Lipinski definition) is 2. The number of carbonyl (C=O) groups excluding carboxylic acids is 1. The first kappa shape index (κ1) is 15.3. The molecular weight excluding hydrogens is 276 g/mol. The van der Waals surface area contributed by atoms with Crippen LogP contribution in [0.3, 0.4) is 0 Å². The first-order valence-electron chi connectivity index (χ1n) is 6.92. The first-order valence-corrected chi connectivity index (χ1v) is 7.30. The Labute approximate surface area is 124 Å². The van der Waals surface area contributed by atoms with Crippen LogP contribution in [0, 0.1) is 12.8 Å². The van der Waals surface area contributed by atoms with Gasteiger partial charge in [0.25, 0.3) is 0 Å². The van der Waals surface area contributed by atoms with Crippen LogP contribution in [0.25, 0.3) is 0 Å². The topological polar surface area (TPSA) is 52.6 Å². The summed E-state index contributed by atoms with van der Waals surface area (Å²) in [5.74, 6) is 0.234. The lowest BCUT2D eigenvalue weighted by atomic mass is 10.0. The maximum Gasteiger partial charge on any atom is 0.238 e. The summed E-state index contributed by atoms with van der Waals surface area (Å²) in [6.45, 7) is 5.74. The molecule has 20 heavy (non-hydrogen) atoms. The largest absolute Gasteiger partial charge is 0.393 e. The molecule has 0 bridgehead atoms. The number of carbonyl (C=O) groups is 1. The number of likely N-dealkylation sites (tertiary alicyclic amines) is 1. The Morgan fingerprint density at radius 3 is 3.00 bits per heavy atom. The van der Waals surface area contributed by atoms with E-state index in [0.717, 1.165) is 30.8 Å². The molecular formula is C15H21ClN2O2. The van der Waals surface area contributed by atoms with Crippen molar-refractivity contribution in [1.29, 1.82) is 0 Å². The number of aryl methyl sites for hydroxylation is 1. The Balaban J connectivity index is 1.88. The minimum absolute atomic E-state index is 0.0402. The molecule has 1 aliphatic rings. The van der Waals surface area contributed by atoms with Crippen molar-refractivity contribution >= 4 is 23.2 Å². The van der Waals surface area contributed by atoms with Crippen LogP contribution in [-0.4, -0.2) is 41.7 Å². The number of hydrogen-bond acceptors (Lipinski definition) is 3. The highest BCUT2D eigenvalue weighted by molar-refractivity contribution is 6.31. The van der Waals surface area contributed by atoms with E-state index in [9.17, 15) is 9.90 Å². The highest BCUT2D eigenvalue weighted by Gasteiger charge is 2.27. The zero-order chi connectivity index (χ0) is 14.7. The molecule has 1 saturated heterocycles. The number of aliphatic hydroxyl groups excluding tert-OH is 1. The van der Waals surface area contributed by atoms with Gasteiger partial charge in [0.05, 0.1) is 12.6 Å². The van der Waals surface area contributed by atoms with Gasteiger partial charge in [-0.15, -0.1) is 0 Å². The summed E-state index contributed by atoms with van der Waals surface area (Å²) in [7, 11) is 0. The van der Waals surface area contributed by atoms with Gasteiger partial charge < -0.3 is 10.4 Å². The van der Waals surface area contributed by atoms with Gasteiger partial charge in [0.1, 0.15) is 0 Å². The maximum atomic E-state index is 12.1. The van der Waals surface area contributed by atoms with E-state index in [1.807, 2.05) is 19.9 Å². The number of halogens is 1. The molecule has 5 heteroatoms. The Hall–Kier alpha value is -1.10. The number of nitrogens with zero attached hydrogens (tertiary/aromatic N) is 1. The van der Waals surface area contributed by atoms with Crippen molar-refractivity contribution in [2.75, 3.05) is 25.0 Å². The van der Waals surface area contributed by atoms with Gasteiger partial charge in [0, 0.05) is 17.3 Å². The van der Waals surface area contributed by atoms with Crippen molar-refractivity contribution in [3.63, 3.8) is 0 Å². The lowest BCUT2D eigenvalue weighted by Gasteiger charge is -2.17. The summed E-state index contributed by atoms with van der Waals surface area (Å²) in [5.41, 5.74) is 1.75. The van der Waals surface area contributed by atoms with Gasteiger partial charge in [-0.25, -0.2) is 0 Å². The molecule has 2 N–H and O–H groups in total. The molecule has 0 aliphatic carbocycles. The summed E-state index contributed by atoms with van der Waals surface area (Å²) in [4.78, 5) is 14.1. The van der Waals surface area contributed by atoms with E-state index in [4.69, 9.17) is 11.6 Å². The highest BCUT2D eigenvalue weighted by atomic mass is 35.5. The van der Waals surface area contributed by atoms with Gasteiger partial charge in [-0.05, 0) is 50.4 Å². The molecule has 0 radical (unpaired) electrons. The normalized spacial score (nSPS) is 20.9. The quantitative estimate of drug-likeness (QED) is 0.896. The van der Waals surface area contributed by atoms with Crippen LogP contribution in [0.4, 0.5) is 5.69 Å². The third-order valence-corrected chi connectivity index (χ3v) is 4.07. The first-order chi connectivity index (χ1) is 9.45. The molecule has 1 heterocycles. The van der Waals surface area contributed by atoms with Crippen LogP contribution in [0.15, 0.2) is 18.2 Å². The average molecular weight is 297 g/mol. The van der Waals surface area contributed by atoms with Gasteiger partial charge in [-0.2, -0.15) is 0 Å². The summed E-state index contributed by atoms with van der Waals surface area (Å²) in [6, 6.07) is 5.45. The van der Waals surface area contributed by atoms with E-state index in [2.05, 4.69) is 10.2 Å². The van der Waals surface area contributed by atoms with Gasteiger partial charge >= 0.3 is 0 Å². The Kier molecular flexibility index (Phi) is 5.02. The summed E-state index contributed by atoms with van der Waals surface area (Å²) in [5, 5.41) is 13.1. The molecule has 1 aromatic carbocycles. The number of rotatable bonds is 4. The van der Waals surface area contributed by atoms with E-state index in [-0.39, 0.29) is 17.9 Å². The molecule has 1 aliphatic heterocycles. The van der Waals surface area contributed by atoms with Gasteiger partial charge in [0.2, 0.25) is 5.91 Å². The number of anilines is 1. The van der Waals surface area contributed by atoms with E-state index in [1.165, 1.54) is 0 Å². The highest BCUT2D eigenvalue weighted by Crippen LogP contribution is 2.21. The van der Waals surface area contributed by atoms with Gasteiger partial charge in [-0.3, -0.25) is 9.69 Å². The molecule has 2 atom stereocenters. The average Bonchev–Trinajstić information content (AvgIpc) is 2.82. The SMILES string of the molecule is Cc1ccc(Cl)cc1NC(=O)CN1CCC(C(C)O)C1. The van der Waals surface area contributed by atoms with Crippen LogP contribution < -0.4 is 5.32 Å². The zero-order valence-corrected chi connectivity index (χ0v) is 12.7. The molecule has 2 unspecified atom stereocenters. The fraction of sp³-hybridized carbons (Fsp3) is 0.533. The summed E-state index contributed by atoms with van der Waals surface area (Å²) in [6.07, 6.45) is 0.638. The molecule has 2 rings (SSSR count). The minimum atomic E-state index is -0.307. The van der Waals surface area contributed by atoms with Crippen LogP contribution in [0.5, 0.6) is 0 Å². The number of aliphatic hydroxyl groups is 1. The van der Waals surface area contributed by atoms with Crippen LogP contribution in [0.1, 0.15) is 18.9 Å². The molecule has 110 valence electrons. The smallest absolute Gasteiger partial charge is 0.238 e. The lowest BCUT2D eigenvalue weighted by Crippen LogP contribution is -2.32. The third-order valence-electron chi connectivity index (χ3n) is 3.83. The van der Waals surface area contributed by atoms with Crippen LogP contribution >= 0.6 is 11.6 Å². The van der Waals surface area contributed by atoms with E-state index < -0.39 is 0 Å². The van der Waals surface area contributed by atoms with Crippen molar-refractivity contribution in [2.45, 2.75) is 26.4 Å². The predicted molar refractivity (Wildman–Crippen MR) is 81.0 cm³/mol. The second-order valence-corrected chi connectivity index (χ2v) is 5.97. The van der Waals surface area contributed by atoms with Crippen molar-refractivity contribution in [3.05, 3.63) is 28.8 Å². The fourth-order valence-corrected chi connectivity index (χ4v) is 2.69. The number of nitrogens with one attached hydrogen (secondary N) is 1. The molecule has 0 saturated carbocycles. The Morgan fingerprint density at radius 2 is 2.35 bits per heavy atom. The van der Waals surface area contributed by atoms with Crippen molar-refractivity contribution < 1.29 is 9.90 Å². The van der Waals surface area contributed by atoms with Gasteiger partial charge in [-0.1, -0.05) is 17.7 Å². The van der Waals surface area contributed by atoms with Crippen molar-refractivity contribution in [3.8, 4) is 0 Å². The summed E-state index contributed by atoms with van der Waals surface area (Å²) >= 11 is 5.94.